The Bertz CT molecular complexity index is 988. The number of ether oxygens (including phenoxy) is 1. The first-order valence-electron chi connectivity index (χ1n) is 9.74. The topological polar surface area (TPSA) is 84.3 Å². The van der Waals surface area contributed by atoms with Gasteiger partial charge >= 0.3 is 6.03 Å². The molecule has 0 radical (unpaired) electrons. The number of carbonyl (C=O) groups is 1. The number of amides is 2. The number of para-hydroxylation sites is 1. The first-order valence-corrected chi connectivity index (χ1v) is 9.74. The summed E-state index contributed by atoms with van der Waals surface area (Å²) >= 11 is 0. The highest BCUT2D eigenvalue weighted by Crippen LogP contribution is 2.27. The van der Waals surface area contributed by atoms with Crippen molar-refractivity contribution in [1.29, 1.82) is 0 Å². The summed E-state index contributed by atoms with van der Waals surface area (Å²) in [5, 5.41) is 11.3. The van der Waals surface area contributed by atoms with Crippen LogP contribution in [-0.2, 0) is 11.8 Å². The summed E-state index contributed by atoms with van der Waals surface area (Å²) < 4.78 is 7.01. The van der Waals surface area contributed by atoms with Crippen LogP contribution in [-0.4, -0.2) is 65.1 Å². The van der Waals surface area contributed by atoms with Gasteiger partial charge in [0.15, 0.2) is 0 Å². The molecule has 2 N–H and O–H groups in total. The van der Waals surface area contributed by atoms with Crippen LogP contribution in [0, 0.1) is 0 Å². The van der Waals surface area contributed by atoms with Crippen LogP contribution in [0.4, 0.5) is 10.5 Å². The fourth-order valence-electron chi connectivity index (χ4n) is 3.88. The fourth-order valence-corrected chi connectivity index (χ4v) is 3.88. The molecular formula is C21H26N6O2. The van der Waals surface area contributed by atoms with Crippen LogP contribution >= 0.6 is 0 Å². The minimum atomic E-state index is -0.227. The molecule has 1 saturated heterocycles. The van der Waals surface area contributed by atoms with Gasteiger partial charge in [0, 0.05) is 51.3 Å². The summed E-state index contributed by atoms with van der Waals surface area (Å²) in [5.41, 5.74) is 2.71. The Balaban J connectivity index is 1.45. The van der Waals surface area contributed by atoms with E-state index in [9.17, 15) is 4.79 Å². The van der Waals surface area contributed by atoms with E-state index in [0.717, 1.165) is 36.1 Å². The third-order valence-corrected chi connectivity index (χ3v) is 5.32. The van der Waals surface area contributed by atoms with Gasteiger partial charge in [0.2, 0.25) is 0 Å². The lowest BCUT2D eigenvalue weighted by molar-refractivity contribution is 0.159. The van der Waals surface area contributed by atoms with Crippen molar-refractivity contribution in [2.45, 2.75) is 12.0 Å². The molecule has 29 heavy (non-hydrogen) atoms. The third-order valence-electron chi connectivity index (χ3n) is 5.32. The zero-order valence-corrected chi connectivity index (χ0v) is 16.7. The van der Waals surface area contributed by atoms with Gasteiger partial charge in [-0.2, -0.15) is 5.10 Å². The smallest absolute Gasteiger partial charge is 0.319 e. The number of nitrogens with zero attached hydrogens (tertiary/aromatic N) is 4. The number of carbonyl (C=O) groups excluding carboxylic acids is 1. The minimum Gasteiger partial charge on any atom is -0.383 e. The van der Waals surface area contributed by atoms with E-state index in [4.69, 9.17) is 4.74 Å². The number of hydrogen-bond acceptors (Lipinski definition) is 5. The minimum absolute atomic E-state index is 0.00975. The largest absolute Gasteiger partial charge is 0.383 e. The molecular weight excluding hydrogens is 368 g/mol. The Morgan fingerprint density at radius 1 is 1.28 bits per heavy atom. The van der Waals surface area contributed by atoms with Gasteiger partial charge in [0.1, 0.15) is 0 Å². The van der Waals surface area contributed by atoms with Gasteiger partial charge in [-0.1, -0.05) is 18.2 Å². The summed E-state index contributed by atoms with van der Waals surface area (Å²) in [6.45, 7) is 3.13. The first kappa shape index (κ1) is 19.4. The first-order chi connectivity index (χ1) is 14.1. The van der Waals surface area contributed by atoms with E-state index >= 15 is 0 Å². The Labute approximate surface area is 169 Å². The molecule has 1 aliphatic rings. The summed E-state index contributed by atoms with van der Waals surface area (Å²) in [7, 11) is 3.61. The SMILES string of the molecule is COCCN1C[C@@H](NC(=O)Nc2cnc3ccccc3c2)[C@H](c2cnn(C)c2)C1. The normalized spacial score (nSPS) is 19.5. The van der Waals surface area contributed by atoms with Crippen molar-refractivity contribution in [2.24, 2.45) is 7.05 Å². The molecule has 1 fully saturated rings. The van der Waals surface area contributed by atoms with E-state index in [-0.39, 0.29) is 18.0 Å². The summed E-state index contributed by atoms with van der Waals surface area (Å²) in [6, 6.07) is 9.53. The number of likely N-dealkylation sites (tertiary alicyclic amines) is 1. The molecule has 4 rings (SSSR count). The molecule has 2 atom stereocenters. The standard InChI is InChI=1S/C21H26N6O2/c1-26-12-16(10-23-26)18-13-27(7-8-29-2)14-20(18)25-21(28)24-17-9-15-5-3-4-6-19(15)22-11-17/h3-6,9-12,18,20H,7-8,13-14H2,1-2H3,(H2,24,25,28)/t18-,20+/m0/s1. The highest BCUT2D eigenvalue weighted by Gasteiger charge is 2.35. The van der Waals surface area contributed by atoms with Crippen LogP contribution in [0.5, 0.6) is 0 Å². The molecule has 2 aromatic heterocycles. The highest BCUT2D eigenvalue weighted by atomic mass is 16.5. The van der Waals surface area contributed by atoms with Gasteiger partial charge < -0.3 is 15.4 Å². The molecule has 8 nitrogen and oxygen atoms in total. The van der Waals surface area contributed by atoms with Crippen molar-refractivity contribution in [3.8, 4) is 0 Å². The average Bonchev–Trinajstić information content (AvgIpc) is 3.32. The van der Waals surface area contributed by atoms with Crippen LogP contribution in [0.3, 0.4) is 0 Å². The van der Waals surface area contributed by atoms with Gasteiger partial charge in [-0.25, -0.2) is 4.79 Å². The van der Waals surface area contributed by atoms with Gasteiger partial charge in [0.25, 0.3) is 0 Å². The predicted octanol–water partition coefficient (Wildman–Crippen LogP) is 2.20. The molecule has 0 bridgehead atoms. The van der Waals surface area contributed by atoms with Crippen LogP contribution in [0.1, 0.15) is 11.5 Å². The monoisotopic (exact) mass is 394 g/mol. The quantitative estimate of drug-likeness (QED) is 0.670. The number of hydrogen-bond donors (Lipinski definition) is 2. The van der Waals surface area contributed by atoms with Gasteiger partial charge in [-0.15, -0.1) is 0 Å². The van der Waals surface area contributed by atoms with E-state index in [1.54, 1.807) is 18.0 Å². The molecule has 0 saturated carbocycles. The maximum Gasteiger partial charge on any atom is 0.319 e. The molecule has 152 valence electrons. The number of methoxy groups -OCH3 is 1. The van der Waals surface area contributed by atoms with Crippen molar-refractivity contribution in [3.63, 3.8) is 0 Å². The Hall–Kier alpha value is -2.97. The molecule has 3 heterocycles. The third kappa shape index (κ3) is 4.55. The van der Waals surface area contributed by atoms with Gasteiger partial charge in [-0.05, 0) is 17.7 Å². The second-order valence-electron chi connectivity index (χ2n) is 7.43. The molecule has 8 heteroatoms. The Kier molecular flexibility index (Phi) is 5.73. The molecule has 1 aromatic carbocycles. The number of urea groups is 1. The second kappa shape index (κ2) is 8.59. The highest BCUT2D eigenvalue weighted by molar-refractivity contribution is 5.92. The lowest BCUT2D eigenvalue weighted by Crippen LogP contribution is -2.42. The van der Waals surface area contributed by atoms with E-state index in [1.165, 1.54) is 0 Å². The lowest BCUT2D eigenvalue weighted by Gasteiger charge is -2.19. The number of nitrogens with one attached hydrogen (secondary N) is 2. The summed E-state index contributed by atoms with van der Waals surface area (Å²) in [5.74, 6) is 0.182. The number of fused-ring (bicyclic) bond motifs is 1. The molecule has 0 spiro atoms. The molecule has 2 amide bonds. The van der Waals surface area contributed by atoms with Crippen molar-refractivity contribution in [2.75, 3.05) is 38.7 Å². The van der Waals surface area contributed by atoms with Gasteiger partial charge in [0.05, 0.1) is 36.2 Å². The van der Waals surface area contributed by atoms with Crippen LogP contribution in [0.15, 0.2) is 48.9 Å². The molecule has 0 unspecified atom stereocenters. The number of anilines is 1. The molecule has 1 aliphatic heterocycles. The van der Waals surface area contributed by atoms with Crippen molar-refractivity contribution in [1.82, 2.24) is 25.0 Å². The maximum atomic E-state index is 12.7. The van der Waals surface area contributed by atoms with Crippen molar-refractivity contribution < 1.29 is 9.53 Å². The molecule has 3 aromatic rings. The van der Waals surface area contributed by atoms with Crippen LogP contribution in [0.25, 0.3) is 10.9 Å². The predicted molar refractivity (Wildman–Crippen MR) is 112 cm³/mol. The zero-order valence-electron chi connectivity index (χ0n) is 16.7. The number of benzene rings is 1. The maximum absolute atomic E-state index is 12.7. The number of pyridine rings is 1. The van der Waals surface area contributed by atoms with Crippen molar-refractivity contribution in [3.05, 3.63) is 54.5 Å². The zero-order chi connectivity index (χ0) is 20.2. The summed E-state index contributed by atoms with van der Waals surface area (Å²) in [4.78, 5) is 19.4. The van der Waals surface area contributed by atoms with E-state index < -0.39 is 0 Å². The lowest BCUT2D eigenvalue weighted by atomic mass is 9.97. The second-order valence-corrected chi connectivity index (χ2v) is 7.43. The van der Waals surface area contributed by atoms with Gasteiger partial charge in [-0.3, -0.25) is 14.6 Å². The number of aryl methyl sites for hydroxylation is 1. The Morgan fingerprint density at radius 2 is 2.14 bits per heavy atom. The van der Waals surface area contributed by atoms with E-state index in [0.29, 0.717) is 12.3 Å². The summed E-state index contributed by atoms with van der Waals surface area (Å²) in [6.07, 6.45) is 5.58. The molecule has 0 aliphatic carbocycles. The van der Waals surface area contributed by atoms with E-state index in [1.807, 2.05) is 49.8 Å². The number of rotatable bonds is 6. The van der Waals surface area contributed by atoms with E-state index in [2.05, 4.69) is 25.6 Å². The van der Waals surface area contributed by atoms with Crippen molar-refractivity contribution >= 4 is 22.6 Å². The number of aromatic nitrogens is 3. The Morgan fingerprint density at radius 3 is 2.93 bits per heavy atom. The average molecular weight is 394 g/mol. The van der Waals surface area contributed by atoms with Crippen LogP contribution < -0.4 is 10.6 Å². The fraction of sp³-hybridized carbons (Fsp3) is 0.381. The van der Waals surface area contributed by atoms with Crippen LogP contribution in [0.2, 0.25) is 0 Å².